The van der Waals surface area contributed by atoms with Gasteiger partial charge in [-0.05, 0) is 42.8 Å². The highest BCUT2D eigenvalue weighted by Crippen LogP contribution is 2.28. The number of aromatic nitrogens is 5. The molecule has 0 saturated heterocycles. The summed E-state index contributed by atoms with van der Waals surface area (Å²) in [6.45, 7) is 1.81. The molecule has 0 atom stereocenters. The summed E-state index contributed by atoms with van der Waals surface area (Å²) in [7, 11) is 0. The van der Waals surface area contributed by atoms with E-state index < -0.39 is 11.4 Å². The zero-order chi connectivity index (χ0) is 20.1. The molecule has 5 rings (SSSR count). The van der Waals surface area contributed by atoms with Crippen molar-refractivity contribution in [3.63, 3.8) is 0 Å². The SMILES string of the molecule is Cc1nn2c(nnc3c(=O)n(-c4ccccc4F)ccc32)c1-c1ccc(F)cc1. The maximum absolute atomic E-state index is 14.1. The van der Waals surface area contributed by atoms with Gasteiger partial charge < -0.3 is 0 Å². The predicted molar refractivity (Wildman–Crippen MR) is 104 cm³/mol. The molecule has 8 heteroatoms. The van der Waals surface area contributed by atoms with Gasteiger partial charge in [0.1, 0.15) is 17.2 Å². The van der Waals surface area contributed by atoms with Crippen molar-refractivity contribution in [3.8, 4) is 16.8 Å². The second-order valence-electron chi connectivity index (χ2n) is 6.58. The molecule has 0 N–H and O–H groups in total. The molecule has 0 aliphatic carbocycles. The highest BCUT2D eigenvalue weighted by molar-refractivity contribution is 5.84. The Morgan fingerprint density at radius 2 is 1.69 bits per heavy atom. The molecule has 3 heterocycles. The summed E-state index contributed by atoms with van der Waals surface area (Å²) in [6.07, 6.45) is 1.48. The van der Waals surface area contributed by atoms with Crippen molar-refractivity contribution in [2.24, 2.45) is 0 Å². The molecular weight excluding hydrogens is 376 g/mol. The first-order valence-corrected chi connectivity index (χ1v) is 8.83. The summed E-state index contributed by atoms with van der Waals surface area (Å²) < 4.78 is 30.2. The van der Waals surface area contributed by atoms with Gasteiger partial charge in [0.2, 0.25) is 0 Å². The number of pyridine rings is 1. The average molecular weight is 389 g/mol. The number of nitrogens with zero attached hydrogens (tertiary/aromatic N) is 5. The Bertz CT molecular complexity index is 1450. The number of hydrogen-bond donors (Lipinski definition) is 0. The molecule has 0 unspecified atom stereocenters. The predicted octanol–water partition coefficient (Wildman–Crippen LogP) is 3.68. The summed E-state index contributed by atoms with van der Waals surface area (Å²) in [6, 6.07) is 13.6. The van der Waals surface area contributed by atoms with Crippen molar-refractivity contribution in [1.29, 1.82) is 0 Å². The van der Waals surface area contributed by atoms with Crippen LogP contribution >= 0.6 is 0 Å². The summed E-state index contributed by atoms with van der Waals surface area (Å²) in [4.78, 5) is 12.9. The number of aryl methyl sites for hydroxylation is 1. The van der Waals surface area contributed by atoms with Crippen LogP contribution in [0.15, 0.2) is 65.6 Å². The van der Waals surface area contributed by atoms with Crippen LogP contribution in [0.5, 0.6) is 0 Å². The fourth-order valence-electron chi connectivity index (χ4n) is 3.44. The van der Waals surface area contributed by atoms with Crippen LogP contribution in [0.1, 0.15) is 5.69 Å². The molecule has 0 aliphatic rings. The van der Waals surface area contributed by atoms with Gasteiger partial charge >= 0.3 is 0 Å². The lowest BCUT2D eigenvalue weighted by Gasteiger charge is -2.08. The van der Waals surface area contributed by atoms with Crippen molar-refractivity contribution >= 4 is 16.7 Å². The smallest absolute Gasteiger partial charge is 0.279 e. The van der Waals surface area contributed by atoms with Gasteiger partial charge in [-0.2, -0.15) is 5.10 Å². The van der Waals surface area contributed by atoms with E-state index in [1.165, 1.54) is 39.5 Å². The maximum Gasteiger partial charge on any atom is 0.285 e. The minimum absolute atomic E-state index is 0.0661. The molecule has 0 fully saturated rings. The third kappa shape index (κ3) is 2.60. The number of halogens is 2. The molecular formula is C21H13F2N5O. The molecule has 0 spiro atoms. The van der Waals surface area contributed by atoms with E-state index in [0.29, 0.717) is 22.4 Å². The number of benzene rings is 2. The second-order valence-corrected chi connectivity index (χ2v) is 6.58. The van der Waals surface area contributed by atoms with Crippen LogP contribution in [-0.4, -0.2) is 24.4 Å². The number of rotatable bonds is 2. The van der Waals surface area contributed by atoms with Gasteiger partial charge in [0, 0.05) is 6.20 Å². The van der Waals surface area contributed by atoms with Gasteiger partial charge in [0.25, 0.3) is 5.56 Å². The van der Waals surface area contributed by atoms with E-state index in [1.54, 1.807) is 37.3 Å². The van der Waals surface area contributed by atoms with Crippen LogP contribution < -0.4 is 5.56 Å². The summed E-state index contributed by atoms with van der Waals surface area (Å²) in [5.74, 6) is -0.857. The molecule has 5 aromatic rings. The molecule has 0 radical (unpaired) electrons. The molecule has 29 heavy (non-hydrogen) atoms. The molecule has 0 saturated carbocycles. The van der Waals surface area contributed by atoms with Gasteiger partial charge in [0.15, 0.2) is 11.2 Å². The fourth-order valence-corrected chi connectivity index (χ4v) is 3.44. The Hall–Kier alpha value is -3.94. The van der Waals surface area contributed by atoms with Crippen molar-refractivity contribution in [2.45, 2.75) is 6.92 Å². The lowest BCUT2D eigenvalue weighted by molar-refractivity contribution is 0.616. The van der Waals surface area contributed by atoms with E-state index in [-0.39, 0.29) is 17.0 Å². The first-order chi connectivity index (χ1) is 14.0. The lowest BCUT2D eigenvalue weighted by Crippen LogP contribution is -2.21. The van der Waals surface area contributed by atoms with E-state index in [4.69, 9.17) is 0 Å². The number of para-hydroxylation sites is 1. The van der Waals surface area contributed by atoms with Crippen molar-refractivity contribution in [2.75, 3.05) is 0 Å². The molecule has 0 amide bonds. The van der Waals surface area contributed by atoms with Crippen LogP contribution in [0.3, 0.4) is 0 Å². The highest BCUT2D eigenvalue weighted by atomic mass is 19.1. The first kappa shape index (κ1) is 17.2. The van der Waals surface area contributed by atoms with Crippen molar-refractivity contribution < 1.29 is 8.78 Å². The maximum atomic E-state index is 14.1. The van der Waals surface area contributed by atoms with Gasteiger partial charge in [-0.25, -0.2) is 13.3 Å². The average Bonchev–Trinajstić information content (AvgIpc) is 3.06. The quantitative estimate of drug-likeness (QED) is 0.462. The Labute approximate surface area is 162 Å². The van der Waals surface area contributed by atoms with Gasteiger partial charge in [-0.15, -0.1) is 10.2 Å². The summed E-state index contributed by atoms with van der Waals surface area (Å²) in [5, 5.41) is 12.8. The molecule has 3 aromatic heterocycles. The van der Waals surface area contributed by atoms with Gasteiger partial charge in [0.05, 0.1) is 16.9 Å². The number of hydrogen-bond acceptors (Lipinski definition) is 4. The minimum atomic E-state index is -0.517. The van der Waals surface area contributed by atoms with E-state index in [9.17, 15) is 13.6 Å². The van der Waals surface area contributed by atoms with Gasteiger partial charge in [-0.3, -0.25) is 9.36 Å². The van der Waals surface area contributed by atoms with Crippen LogP contribution in [0.2, 0.25) is 0 Å². The standard InChI is InChI=1S/C21H13F2N5O/c1-12-18(13-6-8-14(22)9-7-13)20-25-24-19-17(28(20)26-12)10-11-27(21(19)29)16-5-3-2-4-15(16)23/h2-11H,1H3. The first-order valence-electron chi connectivity index (χ1n) is 8.83. The summed E-state index contributed by atoms with van der Waals surface area (Å²) >= 11 is 0. The lowest BCUT2D eigenvalue weighted by atomic mass is 10.1. The Balaban J connectivity index is 1.78. The van der Waals surface area contributed by atoms with Crippen LogP contribution in [-0.2, 0) is 0 Å². The second kappa shape index (κ2) is 6.30. The normalized spacial score (nSPS) is 11.4. The number of fused-ring (bicyclic) bond motifs is 3. The molecule has 142 valence electrons. The minimum Gasteiger partial charge on any atom is -0.279 e. The molecule has 0 aliphatic heterocycles. The molecule has 0 bridgehead atoms. The Morgan fingerprint density at radius 3 is 2.45 bits per heavy atom. The monoisotopic (exact) mass is 389 g/mol. The van der Waals surface area contributed by atoms with E-state index in [0.717, 1.165) is 5.56 Å². The summed E-state index contributed by atoms with van der Waals surface area (Å²) in [5.41, 5.74) is 2.70. The van der Waals surface area contributed by atoms with Crippen molar-refractivity contribution in [3.05, 3.63) is 88.5 Å². The fraction of sp³-hybridized carbons (Fsp3) is 0.0476. The van der Waals surface area contributed by atoms with Crippen LogP contribution in [0, 0.1) is 18.6 Å². The van der Waals surface area contributed by atoms with Crippen molar-refractivity contribution in [1.82, 2.24) is 24.4 Å². The largest absolute Gasteiger partial charge is 0.285 e. The highest BCUT2D eigenvalue weighted by Gasteiger charge is 2.18. The third-order valence-corrected chi connectivity index (χ3v) is 4.80. The van der Waals surface area contributed by atoms with E-state index in [2.05, 4.69) is 15.3 Å². The van der Waals surface area contributed by atoms with Gasteiger partial charge in [-0.1, -0.05) is 24.3 Å². The zero-order valence-electron chi connectivity index (χ0n) is 15.2. The third-order valence-electron chi connectivity index (χ3n) is 4.80. The van der Waals surface area contributed by atoms with E-state index >= 15 is 0 Å². The van der Waals surface area contributed by atoms with Crippen LogP contribution in [0.4, 0.5) is 8.78 Å². The van der Waals surface area contributed by atoms with E-state index in [1.807, 2.05) is 0 Å². The Kier molecular flexibility index (Phi) is 3.73. The molecule has 6 nitrogen and oxygen atoms in total. The topological polar surface area (TPSA) is 65.1 Å². The molecule has 2 aromatic carbocycles. The zero-order valence-corrected chi connectivity index (χ0v) is 15.2. The van der Waals surface area contributed by atoms with Crippen LogP contribution in [0.25, 0.3) is 33.5 Å². The Morgan fingerprint density at radius 1 is 0.931 bits per heavy atom.